The zero-order valence-electron chi connectivity index (χ0n) is 10.7. The second kappa shape index (κ2) is 5.07. The molecule has 0 spiro atoms. The summed E-state index contributed by atoms with van der Waals surface area (Å²) in [5, 5.41) is 0. The molecule has 0 unspecified atom stereocenters. The van der Waals surface area contributed by atoms with E-state index in [0.717, 1.165) is 17.1 Å². The van der Waals surface area contributed by atoms with E-state index in [9.17, 15) is 13.2 Å². The Kier molecular flexibility index (Phi) is 3.37. The molecule has 0 N–H and O–H groups in total. The minimum atomic E-state index is -4.43. The smallest absolute Gasteiger partial charge is 0.299 e. The van der Waals surface area contributed by atoms with Gasteiger partial charge in [0.1, 0.15) is 6.33 Å². The average Bonchev–Trinajstić information content (AvgIpc) is 2.89. The molecular weight excluding hydrogens is 301 g/mol. The van der Waals surface area contributed by atoms with Gasteiger partial charge in [-0.1, -0.05) is 18.2 Å². The van der Waals surface area contributed by atoms with Crippen molar-refractivity contribution in [2.75, 3.05) is 0 Å². The van der Waals surface area contributed by atoms with Crippen LogP contribution in [0.15, 0.2) is 48.8 Å². The van der Waals surface area contributed by atoms with Crippen LogP contribution in [0.25, 0.3) is 16.7 Å². The van der Waals surface area contributed by atoms with Gasteiger partial charge in [-0.25, -0.2) is 4.98 Å². The molecule has 0 saturated heterocycles. The molecule has 1 heterocycles. The number of imidazole rings is 1. The number of hydrogen-bond acceptors (Lipinski definition) is 1. The predicted octanol–water partition coefficient (Wildman–Crippen LogP) is 4.78. The van der Waals surface area contributed by atoms with Gasteiger partial charge in [0.05, 0.1) is 16.6 Å². The van der Waals surface area contributed by atoms with Crippen molar-refractivity contribution >= 4 is 22.6 Å². The van der Waals surface area contributed by atoms with Crippen LogP contribution in [0.4, 0.5) is 13.2 Å². The third-order valence-corrected chi connectivity index (χ3v) is 3.56. The van der Waals surface area contributed by atoms with Crippen LogP contribution in [0.1, 0.15) is 11.1 Å². The lowest BCUT2D eigenvalue weighted by Crippen LogP contribution is -2.09. The molecule has 6 heteroatoms. The Morgan fingerprint density at radius 1 is 1.10 bits per heavy atom. The number of hydrogen-bond donors (Lipinski definition) is 0. The molecule has 2 nitrogen and oxygen atoms in total. The summed E-state index contributed by atoms with van der Waals surface area (Å²) in [6, 6.07) is 11.4. The summed E-state index contributed by atoms with van der Waals surface area (Å²) in [7, 11) is 0. The summed E-state index contributed by atoms with van der Waals surface area (Å²) in [4.78, 5) is 4.19. The van der Waals surface area contributed by atoms with E-state index in [0.29, 0.717) is 5.69 Å². The third-order valence-electron chi connectivity index (χ3n) is 3.27. The lowest BCUT2D eigenvalue weighted by molar-refractivity contribution is -0.138. The van der Waals surface area contributed by atoms with Crippen molar-refractivity contribution in [2.24, 2.45) is 0 Å². The highest BCUT2D eigenvalue weighted by atomic mass is 35.5. The number of aromatic nitrogens is 2. The van der Waals surface area contributed by atoms with Crippen LogP contribution in [-0.2, 0) is 12.1 Å². The van der Waals surface area contributed by atoms with Crippen LogP contribution in [-0.4, -0.2) is 9.55 Å². The highest BCUT2D eigenvalue weighted by Crippen LogP contribution is 2.34. The fourth-order valence-electron chi connectivity index (χ4n) is 2.26. The van der Waals surface area contributed by atoms with Crippen molar-refractivity contribution in [1.29, 1.82) is 0 Å². The Morgan fingerprint density at radius 3 is 2.57 bits per heavy atom. The molecule has 3 rings (SSSR count). The van der Waals surface area contributed by atoms with Crippen molar-refractivity contribution in [3.8, 4) is 5.69 Å². The maximum Gasteiger partial charge on any atom is 0.416 e. The fraction of sp³-hybridized carbons (Fsp3) is 0.133. The number of benzene rings is 2. The van der Waals surface area contributed by atoms with Crippen LogP contribution in [0.5, 0.6) is 0 Å². The maximum atomic E-state index is 13.1. The van der Waals surface area contributed by atoms with E-state index in [-0.39, 0.29) is 11.4 Å². The molecule has 0 aliphatic carbocycles. The molecule has 1 aromatic heterocycles. The quantitative estimate of drug-likeness (QED) is 0.623. The molecule has 0 saturated carbocycles. The molecule has 21 heavy (non-hydrogen) atoms. The molecule has 0 amide bonds. The van der Waals surface area contributed by atoms with Crippen LogP contribution in [0, 0.1) is 0 Å². The van der Waals surface area contributed by atoms with Gasteiger partial charge < -0.3 is 0 Å². The minimum Gasteiger partial charge on any atom is -0.299 e. The summed E-state index contributed by atoms with van der Waals surface area (Å²) in [5.41, 5.74) is 1.24. The fourth-order valence-corrected chi connectivity index (χ4v) is 2.49. The maximum absolute atomic E-state index is 13.1. The topological polar surface area (TPSA) is 17.8 Å². The molecule has 3 aromatic rings. The normalized spacial score (nSPS) is 12.0. The van der Waals surface area contributed by atoms with Gasteiger partial charge in [0, 0.05) is 11.6 Å². The van der Waals surface area contributed by atoms with Crippen molar-refractivity contribution in [1.82, 2.24) is 9.55 Å². The average molecular weight is 311 g/mol. The number of fused-ring (bicyclic) bond motifs is 1. The minimum absolute atomic E-state index is 0.0670. The van der Waals surface area contributed by atoms with E-state index in [1.54, 1.807) is 10.6 Å². The summed E-state index contributed by atoms with van der Waals surface area (Å²) in [5.74, 6) is -0.181. The van der Waals surface area contributed by atoms with E-state index in [4.69, 9.17) is 11.6 Å². The largest absolute Gasteiger partial charge is 0.416 e. The monoisotopic (exact) mass is 310 g/mol. The van der Waals surface area contributed by atoms with Crippen LogP contribution < -0.4 is 0 Å². The highest BCUT2D eigenvalue weighted by Gasteiger charge is 2.33. The van der Waals surface area contributed by atoms with Gasteiger partial charge in [-0.05, 0) is 29.8 Å². The molecule has 0 radical (unpaired) electrons. The van der Waals surface area contributed by atoms with E-state index in [1.165, 1.54) is 12.4 Å². The number of alkyl halides is 4. The first kappa shape index (κ1) is 13.9. The van der Waals surface area contributed by atoms with E-state index >= 15 is 0 Å². The van der Waals surface area contributed by atoms with Crippen molar-refractivity contribution in [2.45, 2.75) is 12.1 Å². The Bertz CT molecular complexity index is 793. The second-order valence-corrected chi connectivity index (χ2v) is 4.84. The Morgan fingerprint density at radius 2 is 1.86 bits per heavy atom. The number of rotatable bonds is 2. The molecule has 0 bridgehead atoms. The number of para-hydroxylation sites is 2. The van der Waals surface area contributed by atoms with Crippen molar-refractivity contribution in [3.63, 3.8) is 0 Å². The van der Waals surface area contributed by atoms with Crippen LogP contribution in [0.3, 0.4) is 0 Å². The summed E-state index contributed by atoms with van der Waals surface area (Å²) in [6.07, 6.45) is -2.92. The molecular formula is C15H10ClF3N2. The van der Waals surface area contributed by atoms with E-state index in [2.05, 4.69) is 4.98 Å². The first-order valence-corrected chi connectivity index (χ1v) is 6.72. The predicted molar refractivity (Wildman–Crippen MR) is 75.6 cm³/mol. The first-order valence-electron chi connectivity index (χ1n) is 6.19. The number of nitrogens with zero attached hydrogens (tertiary/aromatic N) is 2. The molecule has 0 aliphatic rings. The van der Waals surface area contributed by atoms with Gasteiger partial charge in [-0.3, -0.25) is 4.57 Å². The third kappa shape index (κ3) is 2.49. The summed E-state index contributed by atoms with van der Waals surface area (Å²) < 4.78 is 40.9. The molecule has 0 aliphatic heterocycles. The Hall–Kier alpha value is -2.01. The highest BCUT2D eigenvalue weighted by molar-refractivity contribution is 6.17. The standard InChI is InChI=1S/C15H10ClF3N2/c16-8-10-5-6-11(7-12(10)15(17,18)19)21-9-20-13-3-1-2-4-14(13)21/h1-7,9H,8H2. The SMILES string of the molecule is FC(F)(F)c1cc(-n2cnc3ccccc32)ccc1CCl. The zero-order valence-corrected chi connectivity index (χ0v) is 11.5. The van der Waals surface area contributed by atoms with Gasteiger partial charge in [0.2, 0.25) is 0 Å². The van der Waals surface area contributed by atoms with Crippen LogP contribution >= 0.6 is 11.6 Å². The Labute approximate surface area is 123 Å². The molecule has 0 fully saturated rings. The van der Waals surface area contributed by atoms with Crippen LogP contribution in [0.2, 0.25) is 0 Å². The van der Waals surface area contributed by atoms with Crippen molar-refractivity contribution in [3.05, 3.63) is 59.9 Å². The summed E-state index contributed by atoms with van der Waals surface area (Å²) >= 11 is 5.59. The summed E-state index contributed by atoms with van der Waals surface area (Å²) in [6.45, 7) is 0. The van der Waals surface area contributed by atoms with Gasteiger partial charge in [0.25, 0.3) is 0 Å². The zero-order chi connectivity index (χ0) is 15.0. The second-order valence-electron chi connectivity index (χ2n) is 4.58. The Balaban J connectivity index is 2.19. The lowest BCUT2D eigenvalue weighted by Gasteiger charge is -2.13. The van der Waals surface area contributed by atoms with Gasteiger partial charge in [-0.2, -0.15) is 13.2 Å². The van der Waals surface area contributed by atoms with Gasteiger partial charge in [-0.15, -0.1) is 11.6 Å². The molecule has 108 valence electrons. The molecule has 0 atom stereocenters. The van der Waals surface area contributed by atoms with Gasteiger partial charge >= 0.3 is 6.18 Å². The van der Waals surface area contributed by atoms with E-state index in [1.807, 2.05) is 24.3 Å². The first-order chi connectivity index (χ1) is 10.0. The van der Waals surface area contributed by atoms with Crippen molar-refractivity contribution < 1.29 is 13.2 Å². The lowest BCUT2D eigenvalue weighted by atomic mass is 10.1. The molecule has 2 aromatic carbocycles. The van der Waals surface area contributed by atoms with E-state index < -0.39 is 11.7 Å². The number of halogens is 4. The van der Waals surface area contributed by atoms with Gasteiger partial charge in [0.15, 0.2) is 0 Å².